The van der Waals surface area contributed by atoms with Crippen LogP contribution < -0.4 is 0 Å². The average Bonchev–Trinajstić information content (AvgIpc) is 2.96. The highest BCUT2D eigenvalue weighted by Gasteiger charge is 2.40. The van der Waals surface area contributed by atoms with Gasteiger partial charge in [0.15, 0.2) is 0 Å². The third-order valence-electron chi connectivity index (χ3n) is 3.51. The fourth-order valence-corrected chi connectivity index (χ4v) is 2.17. The number of nitrogens with zero attached hydrogens (tertiary/aromatic N) is 1. The van der Waals surface area contributed by atoms with Crippen molar-refractivity contribution in [3.63, 3.8) is 0 Å². The summed E-state index contributed by atoms with van der Waals surface area (Å²) in [6, 6.07) is 3.67. The number of phenolic OH excluding ortho intramolecular Hbond substituents is 1. The maximum Gasteiger partial charge on any atom is 0.120 e. The highest BCUT2D eigenvalue weighted by molar-refractivity contribution is 5.44. The van der Waals surface area contributed by atoms with Crippen molar-refractivity contribution < 1.29 is 10.2 Å². The van der Waals surface area contributed by atoms with Crippen LogP contribution in [0.4, 0.5) is 0 Å². The molecule has 3 heteroatoms. The second kappa shape index (κ2) is 4.31. The Labute approximate surface area is 103 Å². The topological polar surface area (TPSA) is 43.7 Å². The molecule has 1 aliphatic rings. The van der Waals surface area contributed by atoms with Gasteiger partial charge in [0, 0.05) is 18.5 Å². The predicted molar refractivity (Wildman–Crippen MR) is 68.1 cm³/mol. The lowest BCUT2D eigenvalue weighted by molar-refractivity contribution is 0.150. The van der Waals surface area contributed by atoms with Crippen LogP contribution in [0.1, 0.15) is 29.5 Å². The summed E-state index contributed by atoms with van der Waals surface area (Å²) in [5.41, 5.74) is 2.76. The first-order chi connectivity index (χ1) is 7.91. The third-order valence-corrected chi connectivity index (χ3v) is 3.51. The first-order valence-electron chi connectivity index (χ1n) is 6.09. The van der Waals surface area contributed by atoms with Gasteiger partial charge in [0.1, 0.15) is 5.75 Å². The highest BCUT2D eigenvalue weighted by Crippen LogP contribution is 2.39. The van der Waals surface area contributed by atoms with E-state index >= 15 is 0 Å². The lowest BCUT2D eigenvalue weighted by Gasteiger charge is -2.18. The lowest BCUT2D eigenvalue weighted by Crippen LogP contribution is -2.15. The molecule has 17 heavy (non-hydrogen) atoms. The van der Waals surface area contributed by atoms with Gasteiger partial charge in [-0.3, -0.25) is 0 Å². The number of aromatic hydroxyl groups is 1. The zero-order valence-electron chi connectivity index (χ0n) is 10.8. The Bertz CT molecular complexity index is 422. The van der Waals surface area contributed by atoms with E-state index in [1.807, 2.05) is 32.0 Å². The summed E-state index contributed by atoms with van der Waals surface area (Å²) in [6.45, 7) is 2.75. The molecule has 0 unspecified atom stereocenters. The molecule has 0 atom stereocenters. The van der Waals surface area contributed by atoms with Crippen LogP contribution in [0.15, 0.2) is 12.1 Å². The minimum Gasteiger partial charge on any atom is -0.508 e. The Hall–Kier alpha value is -1.06. The molecule has 1 saturated carbocycles. The van der Waals surface area contributed by atoms with Crippen LogP contribution in [0.2, 0.25) is 0 Å². The summed E-state index contributed by atoms with van der Waals surface area (Å²) in [5.74, 6) is 0.350. The Morgan fingerprint density at radius 3 is 2.47 bits per heavy atom. The molecule has 0 aromatic heterocycles. The molecule has 2 rings (SSSR count). The standard InChI is InChI=1S/C14H21NO2/c1-10-11(8-14(17)6-7-14)4-5-13(16)12(10)9-15(2)3/h4-5,16-17H,6-9H2,1-3H3. The van der Waals surface area contributed by atoms with Crippen LogP contribution in [0.25, 0.3) is 0 Å². The van der Waals surface area contributed by atoms with E-state index in [-0.39, 0.29) is 0 Å². The number of hydrogen-bond donors (Lipinski definition) is 2. The van der Waals surface area contributed by atoms with Gasteiger partial charge in [-0.15, -0.1) is 0 Å². The van der Waals surface area contributed by atoms with Gasteiger partial charge in [-0.05, 0) is 51.1 Å². The van der Waals surface area contributed by atoms with E-state index in [0.29, 0.717) is 12.2 Å². The van der Waals surface area contributed by atoms with Crippen LogP contribution in [0.5, 0.6) is 5.75 Å². The highest BCUT2D eigenvalue weighted by atomic mass is 16.3. The average molecular weight is 235 g/mol. The van der Waals surface area contributed by atoms with Crippen LogP contribution >= 0.6 is 0 Å². The number of aliphatic hydroxyl groups is 1. The molecular formula is C14H21NO2. The Morgan fingerprint density at radius 1 is 1.29 bits per heavy atom. The van der Waals surface area contributed by atoms with Crippen LogP contribution in [-0.2, 0) is 13.0 Å². The molecule has 0 heterocycles. The van der Waals surface area contributed by atoms with E-state index in [1.54, 1.807) is 6.07 Å². The quantitative estimate of drug-likeness (QED) is 0.836. The predicted octanol–water partition coefficient (Wildman–Crippen LogP) is 1.83. The first-order valence-corrected chi connectivity index (χ1v) is 6.09. The monoisotopic (exact) mass is 235 g/mol. The van der Waals surface area contributed by atoms with Gasteiger partial charge in [-0.1, -0.05) is 6.07 Å². The fourth-order valence-electron chi connectivity index (χ4n) is 2.17. The molecular weight excluding hydrogens is 214 g/mol. The molecule has 0 saturated heterocycles. The Balaban J connectivity index is 2.28. The van der Waals surface area contributed by atoms with E-state index in [2.05, 4.69) is 0 Å². The largest absolute Gasteiger partial charge is 0.508 e. The Kier molecular flexibility index (Phi) is 3.15. The summed E-state index contributed by atoms with van der Waals surface area (Å²) >= 11 is 0. The van der Waals surface area contributed by atoms with E-state index in [4.69, 9.17) is 0 Å². The molecule has 2 N–H and O–H groups in total. The van der Waals surface area contributed by atoms with Gasteiger partial charge in [0.2, 0.25) is 0 Å². The molecule has 1 aromatic carbocycles. The molecule has 0 radical (unpaired) electrons. The van der Waals surface area contributed by atoms with E-state index in [0.717, 1.165) is 36.1 Å². The molecule has 1 aliphatic carbocycles. The molecule has 94 valence electrons. The van der Waals surface area contributed by atoms with Crippen molar-refractivity contribution in [1.29, 1.82) is 0 Å². The fraction of sp³-hybridized carbons (Fsp3) is 0.571. The number of phenols is 1. The van der Waals surface area contributed by atoms with Gasteiger partial charge < -0.3 is 15.1 Å². The van der Waals surface area contributed by atoms with Crippen LogP contribution in [0.3, 0.4) is 0 Å². The van der Waals surface area contributed by atoms with Crippen molar-refractivity contribution >= 4 is 0 Å². The summed E-state index contributed by atoms with van der Waals surface area (Å²) in [6.07, 6.45) is 2.51. The minimum atomic E-state index is -0.475. The zero-order chi connectivity index (χ0) is 12.6. The maximum atomic E-state index is 9.98. The Morgan fingerprint density at radius 2 is 1.94 bits per heavy atom. The van der Waals surface area contributed by atoms with Crippen molar-refractivity contribution in [1.82, 2.24) is 4.90 Å². The normalized spacial score (nSPS) is 17.5. The van der Waals surface area contributed by atoms with E-state index < -0.39 is 5.60 Å². The van der Waals surface area contributed by atoms with Gasteiger partial charge in [0.05, 0.1) is 5.60 Å². The molecule has 0 aliphatic heterocycles. The summed E-state index contributed by atoms with van der Waals surface area (Å²) in [5, 5.41) is 19.9. The summed E-state index contributed by atoms with van der Waals surface area (Å²) < 4.78 is 0. The third kappa shape index (κ3) is 2.79. The van der Waals surface area contributed by atoms with E-state index in [9.17, 15) is 10.2 Å². The number of hydrogen-bond acceptors (Lipinski definition) is 3. The van der Waals surface area contributed by atoms with E-state index in [1.165, 1.54) is 0 Å². The molecule has 3 nitrogen and oxygen atoms in total. The van der Waals surface area contributed by atoms with Crippen molar-refractivity contribution in [2.24, 2.45) is 0 Å². The second-order valence-electron chi connectivity index (χ2n) is 5.49. The number of rotatable bonds is 4. The SMILES string of the molecule is Cc1c(CC2(O)CC2)ccc(O)c1CN(C)C. The van der Waals surface area contributed by atoms with Gasteiger partial charge in [0.25, 0.3) is 0 Å². The van der Waals surface area contributed by atoms with Crippen molar-refractivity contribution in [3.8, 4) is 5.75 Å². The smallest absolute Gasteiger partial charge is 0.120 e. The summed E-state index contributed by atoms with van der Waals surface area (Å²) in [4.78, 5) is 2.04. The van der Waals surface area contributed by atoms with Crippen LogP contribution in [0, 0.1) is 6.92 Å². The molecule has 0 amide bonds. The van der Waals surface area contributed by atoms with Gasteiger partial charge >= 0.3 is 0 Å². The lowest BCUT2D eigenvalue weighted by atomic mass is 9.96. The number of benzene rings is 1. The second-order valence-corrected chi connectivity index (χ2v) is 5.49. The molecule has 1 fully saturated rings. The zero-order valence-corrected chi connectivity index (χ0v) is 10.8. The minimum absolute atomic E-state index is 0.350. The summed E-state index contributed by atoms with van der Waals surface area (Å²) in [7, 11) is 3.97. The van der Waals surface area contributed by atoms with Crippen molar-refractivity contribution in [3.05, 3.63) is 28.8 Å². The van der Waals surface area contributed by atoms with Crippen molar-refractivity contribution in [2.75, 3.05) is 14.1 Å². The maximum absolute atomic E-state index is 9.98. The van der Waals surface area contributed by atoms with Gasteiger partial charge in [-0.25, -0.2) is 0 Å². The first kappa shape index (κ1) is 12.4. The van der Waals surface area contributed by atoms with Crippen molar-refractivity contribution in [2.45, 2.75) is 38.3 Å². The molecule has 1 aromatic rings. The molecule has 0 bridgehead atoms. The van der Waals surface area contributed by atoms with Gasteiger partial charge in [-0.2, -0.15) is 0 Å². The molecule has 0 spiro atoms. The van der Waals surface area contributed by atoms with Crippen LogP contribution in [-0.4, -0.2) is 34.8 Å².